The fourth-order valence-electron chi connectivity index (χ4n) is 3.52. The van der Waals surface area contributed by atoms with Gasteiger partial charge in [0.2, 0.25) is 5.91 Å². The number of hydrogen-bond donors (Lipinski definition) is 1. The number of amides is 1. The number of fused-ring (bicyclic) bond motifs is 1. The number of hydrogen-bond acceptors (Lipinski definition) is 2. The van der Waals surface area contributed by atoms with Crippen LogP contribution in [0.25, 0.3) is 0 Å². The molecule has 0 saturated carbocycles. The van der Waals surface area contributed by atoms with Crippen LogP contribution in [0.15, 0.2) is 24.3 Å². The maximum Gasteiger partial charge on any atom is 0.226 e. The molecule has 1 fully saturated rings. The molecule has 0 aromatic heterocycles. The Morgan fingerprint density at radius 2 is 2.00 bits per heavy atom. The van der Waals surface area contributed by atoms with Crippen LogP contribution >= 0.6 is 0 Å². The first-order valence-corrected chi connectivity index (χ1v) is 7.13. The number of benzene rings is 1. The first-order valence-electron chi connectivity index (χ1n) is 7.13. The lowest BCUT2D eigenvalue weighted by atomic mass is 9.97. The van der Waals surface area contributed by atoms with E-state index >= 15 is 0 Å². The van der Waals surface area contributed by atoms with Crippen LogP contribution in [0.2, 0.25) is 0 Å². The lowest BCUT2D eigenvalue weighted by Crippen LogP contribution is -2.50. The van der Waals surface area contributed by atoms with Gasteiger partial charge in [-0.2, -0.15) is 0 Å². The molecule has 0 unspecified atom stereocenters. The van der Waals surface area contributed by atoms with Gasteiger partial charge in [-0.15, -0.1) is 0 Å². The molecule has 1 N–H and O–H groups in total. The number of carbonyl (C=O) groups is 1. The fraction of sp³-hybridized carbons (Fsp3) is 0.562. The van der Waals surface area contributed by atoms with E-state index in [-0.39, 0.29) is 24.0 Å². The lowest BCUT2D eigenvalue weighted by Gasteiger charge is -2.35. The Hall–Kier alpha value is -1.35. The van der Waals surface area contributed by atoms with Crippen LogP contribution in [-0.4, -0.2) is 34.6 Å². The maximum atomic E-state index is 12.7. The molecule has 1 aliphatic carbocycles. The third-order valence-electron chi connectivity index (χ3n) is 4.76. The van der Waals surface area contributed by atoms with Gasteiger partial charge in [-0.1, -0.05) is 24.3 Å². The van der Waals surface area contributed by atoms with Crippen molar-refractivity contribution in [2.45, 2.75) is 38.1 Å². The Balaban J connectivity index is 1.77. The molecule has 0 spiro atoms. The SMILES string of the molecule is C[C@]1(CO)CCCN1C(=O)C1Cc2ccccc2C1. The van der Waals surface area contributed by atoms with E-state index in [0.29, 0.717) is 0 Å². The van der Waals surface area contributed by atoms with Crippen LogP contribution < -0.4 is 0 Å². The van der Waals surface area contributed by atoms with E-state index in [4.69, 9.17) is 0 Å². The van der Waals surface area contributed by atoms with Crippen LogP contribution in [0.4, 0.5) is 0 Å². The molecule has 3 rings (SSSR count). The summed E-state index contributed by atoms with van der Waals surface area (Å²) in [4.78, 5) is 14.6. The van der Waals surface area contributed by atoms with Crippen LogP contribution in [0.5, 0.6) is 0 Å². The summed E-state index contributed by atoms with van der Waals surface area (Å²) in [6.45, 7) is 2.86. The molecular formula is C16H21NO2. The normalized spacial score (nSPS) is 26.7. The van der Waals surface area contributed by atoms with Gasteiger partial charge in [0.1, 0.15) is 0 Å². The van der Waals surface area contributed by atoms with E-state index in [1.807, 2.05) is 24.0 Å². The third kappa shape index (κ3) is 2.06. The summed E-state index contributed by atoms with van der Waals surface area (Å²) >= 11 is 0. The molecule has 1 aliphatic heterocycles. The fourth-order valence-corrected chi connectivity index (χ4v) is 3.52. The van der Waals surface area contributed by atoms with Crippen LogP contribution in [-0.2, 0) is 17.6 Å². The topological polar surface area (TPSA) is 40.5 Å². The highest BCUT2D eigenvalue weighted by Gasteiger charge is 2.42. The van der Waals surface area contributed by atoms with E-state index in [1.54, 1.807) is 0 Å². The van der Waals surface area contributed by atoms with E-state index in [9.17, 15) is 9.90 Å². The van der Waals surface area contributed by atoms with E-state index in [1.165, 1.54) is 11.1 Å². The quantitative estimate of drug-likeness (QED) is 0.879. The van der Waals surface area contributed by atoms with Gasteiger partial charge in [0.05, 0.1) is 12.1 Å². The second-order valence-corrected chi connectivity index (χ2v) is 6.12. The van der Waals surface area contributed by atoms with Gasteiger partial charge in [-0.25, -0.2) is 0 Å². The van der Waals surface area contributed by atoms with Crippen molar-refractivity contribution in [3.8, 4) is 0 Å². The van der Waals surface area contributed by atoms with Crippen molar-refractivity contribution >= 4 is 5.91 Å². The standard InChI is InChI=1S/C16H21NO2/c1-16(11-18)7-4-8-17(16)15(19)14-9-12-5-2-3-6-13(12)10-14/h2-3,5-6,14,18H,4,7-11H2,1H3/t16-/m1/s1. The summed E-state index contributed by atoms with van der Waals surface area (Å²) in [5, 5.41) is 9.57. The molecule has 0 bridgehead atoms. The highest BCUT2D eigenvalue weighted by Crippen LogP contribution is 2.34. The smallest absolute Gasteiger partial charge is 0.226 e. The molecule has 3 nitrogen and oxygen atoms in total. The average Bonchev–Trinajstić information content (AvgIpc) is 3.02. The number of rotatable bonds is 2. The van der Waals surface area contributed by atoms with Gasteiger partial charge < -0.3 is 10.0 Å². The Bertz CT molecular complexity index is 474. The van der Waals surface area contributed by atoms with Crippen molar-refractivity contribution in [1.82, 2.24) is 4.90 Å². The largest absolute Gasteiger partial charge is 0.394 e. The number of aliphatic hydroxyl groups excluding tert-OH is 1. The minimum atomic E-state index is -0.341. The molecule has 1 aromatic rings. The van der Waals surface area contributed by atoms with E-state index < -0.39 is 0 Å². The Morgan fingerprint density at radius 3 is 2.58 bits per heavy atom. The number of carbonyl (C=O) groups excluding carboxylic acids is 1. The van der Waals surface area contributed by atoms with Gasteiger partial charge in [0.25, 0.3) is 0 Å². The van der Waals surface area contributed by atoms with E-state index in [0.717, 1.165) is 32.2 Å². The molecule has 1 amide bonds. The second kappa shape index (κ2) is 4.64. The molecular weight excluding hydrogens is 238 g/mol. The van der Waals surface area contributed by atoms with Crippen molar-refractivity contribution in [3.63, 3.8) is 0 Å². The molecule has 1 atom stereocenters. The molecule has 1 aromatic carbocycles. The Labute approximate surface area is 114 Å². The highest BCUT2D eigenvalue weighted by molar-refractivity contribution is 5.81. The van der Waals surface area contributed by atoms with Crippen molar-refractivity contribution in [3.05, 3.63) is 35.4 Å². The predicted molar refractivity (Wildman–Crippen MR) is 73.8 cm³/mol. The van der Waals surface area contributed by atoms with Crippen molar-refractivity contribution in [2.24, 2.45) is 5.92 Å². The zero-order valence-electron chi connectivity index (χ0n) is 11.4. The summed E-state index contributed by atoms with van der Waals surface area (Å²) in [6.07, 6.45) is 3.62. The van der Waals surface area contributed by atoms with Gasteiger partial charge in [0.15, 0.2) is 0 Å². The molecule has 19 heavy (non-hydrogen) atoms. The summed E-state index contributed by atoms with van der Waals surface area (Å²) in [7, 11) is 0. The summed E-state index contributed by atoms with van der Waals surface area (Å²) < 4.78 is 0. The Morgan fingerprint density at radius 1 is 1.37 bits per heavy atom. The summed E-state index contributed by atoms with van der Waals surface area (Å²) in [6, 6.07) is 8.33. The van der Waals surface area contributed by atoms with Crippen LogP contribution in [0.1, 0.15) is 30.9 Å². The van der Waals surface area contributed by atoms with E-state index in [2.05, 4.69) is 12.1 Å². The molecule has 3 heteroatoms. The third-order valence-corrected chi connectivity index (χ3v) is 4.76. The minimum absolute atomic E-state index is 0.0679. The van der Waals surface area contributed by atoms with Crippen molar-refractivity contribution in [2.75, 3.05) is 13.2 Å². The highest BCUT2D eigenvalue weighted by atomic mass is 16.3. The van der Waals surface area contributed by atoms with Crippen LogP contribution in [0, 0.1) is 5.92 Å². The Kier molecular flexibility index (Phi) is 3.09. The summed E-state index contributed by atoms with van der Waals surface area (Å²) in [5.41, 5.74) is 2.28. The van der Waals surface area contributed by atoms with Gasteiger partial charge in [-0.05, 0) is 43.7 Å². The van der Waals surface area contributed by atoms with Gasteiger partial charge >= 0.3 is 0 Å². The minimum Gasteiger partial charge on any atom is -0.394 e. The monoisotopic (exact) mass is 259 g/mol. The van der Waals surface area contributed by atoms with Gasteiger partial charge in [0, 0.05) is 12.5 Å². The predicted octanol–water partition coefficient (Wildman–Crippen LogP) is 1.77. The average molecular weight is 259 g/mol. The van der Waals surface area contributed by atoms with Gasteiger partial charge in [-0.3, -0.25) is 4.79 Å². The summed E-state index contributed by atoms with van der Waals surface area (Å²) in [5.74, 6) is 0.298. The number of nitrogens with zero attached hydrogens (tertiary/aromatic N) is 1. The van der Waals surface area contributed by atoms with Crippen molar-refractivity contribution < 1.29 is 9.90 Å². The molecule has 1 saturated heterocycles. The number of likely N-dealkylation sites (tertiary alicyclic amines) is 1. The molecule has 1 heterocycles. The van der Waals surface area contributed by atoms with Crippen molar-refractivity contribution in [1.29, 1.82) is 0 Å². The number of aliphatic hydroxyl groups is 1. The first-order chi connectivity index (χ1) is 9.14. The molecule has 102 valence electrons. The second-order valence-electron chi connectivity index (χ2n) is 6.12. The first kappa shape index (κ1) is 12.7. The zero-order valence-corrected chi connectivity index (χ0v) is 11.4. The zero-order chi connectivity index (χ0) is 13.5. The molecule has 0 radical (unpaired) electrons. The maximum absolute atomic E-state index is 12.7. The molecule has 2 aliphatic rings. The van der Waals surface area contributed by atoms with Crippen LogP contribution in [0.3, 0.4) is 0 Å². The lowest BCUT2D eigenvalue weighted by molar-refractivity contribution is -0.140.